The van der Waals surface area contributed by atoms with Crippen molar-refractivity contribution in [2.75, 3.05) is 10.8 Å². The Hall–Kier alpha value is -3.04. The quantitative estimate of drug-likeness (QED) is 0.359. The highest BCUT2D eigenvalue weighted by atomic mass is 35.5. The molecule has 36 heavy (non-hydrogen) atoms. The first-order chi connectivity index (χ1) is 16.8. The molecule has 0 saturated heterocycles. The smallest absolute Gasteiger partial charge is 0.348 e. The average Bonchev–Trinajstić information content (AvgIpc) is 2.81. The van der Waals surface area contributed by atoms with Crippen LogP contribution in [-0.2, 0) is 21.0 Å². The third-order valence-corrected chi connectivity index (χ3v) is 7.78. The molecule has 3 rings (SSSR count). The van der Waals surface area contributed by atoms with Gasteiger partial charge < -0.3 is 5.32 Å². The first-order valence-corrected chi connectivity index (χ1v) is 13.0. The van der Waals surface area contributed by atoms with Gasteiger partial charge in [0.1, 0.15) is 6.54 Å². The van der Waals surface area contributed by atoms with Gasteiger partial charge in [-0.1, -0.05) is 66.0 Å². The molecule has 0 saturated carbocycles. The summed E-state index contributed by atoms with van der Waals surface area (Å²) in [5.74, 6) is -0.665. The molecule has 1 unspecified atom stereocenters. The summed E-state index contributed by atoms with van der Waals surface area (Å²) in [5, 5.41) is 2.22. The van der Waals surface area contributed by atoms with Crippen LogP contribution >= 0.6 is 11.6 Å². The van der Waals surface area contributed by atoms with E-state index >= 15 is 0 Å². The Bertz CT molecular complexity index is 1330. The Kier molecular flexibility index (Phi) is 8.36. The van der Waals surface area contributed by atoms with Crippen molar-refractivity contribution in [3.8, 4) is 0 Å². The molecule has 0 aromatic heterocycles. The Morgan fingerprint density at radius 1 is 0.972 bits per heavy atom. The van der Waals surface area contributed by atoms with Crippen molar-refractivity contribution in [3.63, 3.8) is 0 Å². The predicted molar refractivity (Wildman–Crippen MR) is 135 cm³/mol. The number of aryl methyl sites for hydroxylation is 2. The Morgan fingerprint density at radius 2 is 1.53 bits per heavy atom. The van der Waals surface area contributed by atoms with Gasteiger partial charge in [-0.3, -0.25) is 9.10 Å². The minimum absolute atomic E-state index is 0.157. The van der Waals surface area contributed by atoms with Crippen molar-refractivity contribution in [2.45, 2.75) is 44.3 Å². The number of carbonyl (C=O) groups excluding carboxylic acids is 1. The summed E-state index contributed by atoms with van der Waals surface area (Å²) in [6, 6.07) is 15.7. The molecular formula is C26H26ClF3N2O3S. The van der Waals surface area contributed by atoms with E-state index in [-0.39, 0.29) is 10.6 Å². The monoisotopic (exact) mass is 538 g/mol. The lowest BCUT2D eigenvalue weighted by molar-refractivity contribution is -0.137. The second kappa shape index (κ2) is 10.9. The van der Waals surface area contributed by atoms with Crippen LogP contribution in [0.1, 0.15) is 41.6 Å². The minimum Gasteiger partial charge on any atom is -0.348 e. The number of halogens is 4. The maximum absolute atomic E-state index is 13.5. The van der Waals surface area contributed by atoms with Gasteiger partial charge >= 0.3 is 6.18 Å². The van der Waals surface area contributed by atoms with E-state index in [0.29, 0.717) is 16.8 Å². The summed E-state index contributed by atoms with van der Waals surface area (Å²) in [4.78, 5) is 12.9. The van der Waals surface area contributed by atoms with Crippen LogP contribution in [0.2, 0.25) is 5.02 Å². The highest BCUT2D eigenvalue weighted by Gasteiger charge is 2.35. The normalized spacial score (nSPS) is 12.8. The molecule has 0 aliphatic carbocycles. The molecule has 0 fully saturated rings. The Balaban J connectivity index is 2.01. The first-order valence-electron chi connectivity index (χ1n) is 11.1. The van der Waals surface area contributed by atoms with Gasteiger partial charge in [-0.2, -0.15) is 13.2 Å². The van der Waals surface area contributed by atoms with E-state index in [4.69, 9.17) is 11.6 Å². The number of hydrogen-bond acceptors (Lipinski definition) is 3. The third kappa shape index (κ3) is 6.39. The van der Waals surface area contributed by atoms with E-state index in [0.717, 1.165) is 28.8 Å². The number of rotatable bonds is 8. The van der Waals surface area contributed by atoms with Crippen LogP contribution in [-0.4, -0.2) is 20.9 Å². The molecule has 0 bridgehead atoms. The van der Waals surface area contributed by atoms with Gasteiger partial charge in [-0.25, -0.2) is 8.42 Å². The lowest BCUT2D eigenvalue weighted by atomic mass is 10.0. The van der Waals surface area contributed by atoms with Gasteiger partial charge in [0, 0.05) is 0 Å². The zero-order chi connectivity index (χ0) is 26.7. The second-order valence-electron chi connectivity index (χ2n) is 8.43. The van der Waals surface area contributed by atoms with E-state index < -0.39 is 45.3 Å². The highest BCUT2D eigenvalue weighted by Crippen LogP contribution is 2.38. The minimum atomic E-state index is -4.81. The molecule has 0 aliphatic rings. The molecule has 1 atom stereocenters. The summed E-state index contributed by atoms with van der Waals surface area (Å²) in [6.07, 6.45) is -4.29. The topological polar surface area (TPSA) is 66.5 Å². The van der Waals surface area contributed by atoms with Crippen LogP contribution in [0.3, 0.4) is 0 Å². The molecule has 1 amide bonds. The number of sulfonamides is 1. The van der Waals surface area contributed by atoms with Crippen molar-refractivity contribution >= 4 is 33.2 Å². The lowest BCUT2D eigenvalue weighted by Gasteiger charge is -2.26. The Labute approximate surface area is 213 Å². The van der Waals surface area contributed by atoms with Gasteiger partial charge in [-0.15, -0.1) is 0 Å². The largest absolute Gasteiger partial charge is 0.417 e. The fourth-order valence-electron chi connectivity index (χ4n) is 3.63. The summed E-state index contributed by atoms with van der Waals surface area (Å²) in [7, 11) is -4.39. The first kappa shape index (κ1) is 27.5. The van der Waals surface area contributed by atoms with E-state index in [1.165, 1.54) is 12.1 Å². The van der Waals surface area contributed by atoms with Gasteiger partial charge in [0.25, 0.3) is 10.0 Å². The third-order valence-electron chi connectivity index (χ3n) is 5.66. The molecule has 192 valence electrons. The van der Waals surface area contributed by atoms with Crippen molar-refractivity contribution in [3.05, 3.63) is 94.0 Å². The number of benzene rings is 3. The molecule has 0 heterocycles. The summed E-state index contributed by atoms with van der Waals surface area (Å²) >= 11 is 5.74. The zero-order valence-corrected chi connectivity index (χ0v) is 21.5. The number of anilines is 1. The van der Waals surface area contributed by atoms with Crippen molar-refractivity contribution in [2.24, 2.45) is 0 Å². The standard InChI is InChI=1S/C26H26ClF3N2O3S/c1-4-24(19-9-5-17(2)6-10-19)31-25(33)16-32(36(34,35)21-12-7-18(3)8-13-21)20-11-14-23(27)22(15-20)26(28,29)30/h5-15,24H,4,16H2,1-3H3,(H,31,33). The van der Waals surface area contributed by atoms with E-state index in [9.17, 15) is 26.4 Å². The van der Waals surface area contributed by atoms with Gasteiger partial charge in [0.2, 0.25) is 5.91 Å². The number of carbonyl (C=O) groups is 1. The zero-order valence-electron chi connectivity index (χ0n) is 19.9. The summed E-state index contributed by atoms with van der Waals surface area (Å²) < 4.78 is 68.3. The van der Waals surface area contributed by atoms with Gasteiger partial charge in [-0.05, 0) is 56.2 Å². The van der Waals surface area contributed by atoms with E-state index in [1.807, 2.05) is 38.1 Å². The average molecular weight is 539 g/mol. The van der Waals surface area contributed by atoms with E-state index in [1.54, 1.807) is 19.1 Å². The van der Waals surface area contributed by atoms with Gasteiger partial charge in [0.15, 0.2) is 0 Å². The maximum Gasteiger partial charge on any atom is 0.417 e. The molecule has 5 nitrogen and oxygen atoms in total. The second-order valence-corrected chi connectivity index (χ2v) is 10.7. The summed E-state index contributed by atoms with van der Waals surface area (Å²) in [6.45, 7) is 4.84. The highest BCUT2D eigenvalue weighted by molar-refractivity contribution is 7.92. The SMILES string of the molecule is CCC(NC(=O)CN(c1ccc(Cl)c(C(F)(F)F)c1)S(=O)(=O)c1ccc(C)cc1)c1ccc(C)cc1. The number of hydrogen-bond donors (Lipinski definition) is 1. The molecule has 1 N–H and O–H groups in total. The number of nitrogens with one attached hydrogen (secondary N) is 1. The van der Waals surface area contributed by atoms with E-state index in [2.05, 4.69) is 5.32 Å². The fraction of sp³-hybridized carbons (Fsp3) is 0.269. The van der Waals surface area contributed by atoms with Crippen LogP contribution in [0, 0.1) is 13.8 Å². The van der Waals surface area contributed by atoms with Crippen molar-refractivity contribution in [1.82, 2.24) is 5.32 Å². The maximum atomic E-state index is 13.5. The molecule has 10 heteroatoms. The Morgan fingerprint density at radius 3 is 2.06 bits per heavy atom. The van der Waals surface area contributed by atoms with Gasteiger partial charge in [0.05, 0.1) is 27.2 Å². The summed E-state index contributed by atoms with van der Waals surface area (Å²) in [5.41, 5.74) is 1.14. The molecular weight excluding hydrogens is 513 g/mol. The van der Waals surface area contributed by atoms with Crippen LogP contribution in [0.5, 0.6) is 0 Å². The predicted octanol–water partition coefficient (Wildman–Crippen LogP) is 6.44. The number of amides is 1. The fourth-order valence-corrected chi connectivity index (χ4v) is 5.27. The lowest BCUT2D eigenvalue weighted by Crippen LogP contribution is -2.42. The molecule has 3 aromatic rings. The molecule has 0 aliphatic heterocycles. The van der Waals surface area contributed by atoms with Crippen LogP contribution in [0.4, 0.5) is 18.9 Å². The van der Waals surface area contributed by atoms with Crippen LogP contribution in [0.25, 0.3) is 0 Å². The number of alkyl halides is 3. The molecule has 3 aromatic carbocycles. The molecule has 0 spiro atoms. The number of nitrogens with zero attached hydrogens (tertiary/aromatic N) is 1. The molecule has 0 radical (unpaired) electrons. The van der Waals surface area contributed by atoms with Crippen molar-refractivity contribution < 1.29 is 26.4 Å². The van der Waals surface area contributed by atoms with Crippen molar-refractivity contribution in [1.29, 1.82) is 0 Å². The van der Waals surface area contributed by atoms with Crippen LogP contribution < -0.4 is 9.62 Å². The van der Waals surface area contributed by atoms with Crippen LogP contribution in [0.15, 0.2) is 71.6 Å².